The average Bonchev–Trinajstić information content (AvgIpc) is 2.57. The van der Waals surface area contributed by atoms with E-state index in [4.69, 9.17) is 0 Å². The van der Waals surface area contributed by atoms with Gasteiger partial charge in [-0.15, -0.1) is 0 Å². The Morgan fingerprint density at radius 2 is 1.56 bits per heavy atom. The van der Waals surface area contributed by atoms with Gasteiger partial charge in [0.15, 0.2) is 0 Å². The molecule has 0 bridgehead atoms. The summed E-state index contributed by atoms with van der Waals surface area (Å²) in [6, 6.07) is 0.794. The van der Waals surface area contributed by atoms with Crippen LogP contribution < -0.4 is 5.32 Å². The minimum absolute atomic E-state index is 0.464. The van der Waals surface area contributed by atoms with Crippen LogP contribution in [0, 0.1) is 10.8 Å². The molecule has 1 saturated heterocycles. The van der Waals surface area contributed by atoms with Gasteiger partial charge in [-0.1, -0.05) is 40.5 Å². The molecule has 2 heteroatoms. The maximum atomic E-state index is 3.88. The van der Waals surface area contributed by atoms with Gasteiger partial charge in [0.1, 0.15) is 0 Å². The van der Waals surface area contributed by atoms with Crippen LogP contribution in [0.5, 0.6) is 0 Å². The number of hydrogen-bond acceptors (Lipinski definition) is 2. The van der Waals surface area contributed by atoms with Gasteiger partial charge in [-0.2, -0.15) is 0 Å². The van der Waals surface area contributed by atoms with E-state index >= 15 is 0 Å². The SMILES string of the molecule is CC1(C)C(N2CCCNC3(CCCC3)C2)C1(C)C. The Labute approximate surface area is 113 Å². The highest BCUT2D eigenvalue weighted by Gasteiger charge is 2.67. The summed E-state index contributed by atoms with van der Waals surface area (Å²) < 4.78 is 0. The molecule has 104 valence electrons. The third kappa shape index (κ3) is 1.76. The van der Waals surface area contributed by atoms with Crippen molar-refractivity contribution in [2.24, 2.45) is 10.8 Å². The van der Waals surface area contributed by atoms with Crippen LogP contribution >= 0.6 is 0 Å². The van der Waals surface area contributed by atoms with E-state index in [0.717, 1.165) is 6.04 Å². The van der Waals surface area contributed by atoms with Gasteiger partial charge < -0.3 is 5.32 Å². The minimum Gasteiger partial charge on any atom is -0.310 e. The van der Waals surface area contributed by atoms with Crippen molar-refractivity contribution in [1.29, 1.82) is 0 Å². The Bertz CT molecular complexity index is 312. The summed E-state index contributed by atoms with van der Waals surface area (Å²) >= 11 is 0. The first-order valence-electron chi connectivity index (χ1n) is 7.88. The van der Waals surface area contributed by atoms with Gasteiger partial charge in [0, 0.05) is 18.1 Å². The van der Waals surface area contributed by atoms with Crippen LogP contribution in [0.15, 0.2) is 0 Å². The Balaban J connectivity index is 1.77. The van der Waals surface area contributed by atoms with Gasteiger partial charge in [0.2, 0.25) is 0 Å². The molecule has 18 heavy (non-hydrogen) atoms. The molecule has 1 spiro atoms. The molecule has 0 amide bonds. The summed E-state index contributed by atoms with van der Waals surface area (Å²) in [6.07, 6.45) is 6.98. The molecule has 3 aliphatic rings. The van der Waals surface area contributed by atoms with Crippen molar-refractivity contribution in [2.45, 2.75) is 71.4 Å². The fraction of sp³-hybridized carbons (Fsp3) is 1.00. The van der Waals surface area contributed by atoms with E-state index in [9.17, 15) is 0 Å². The van der Waals surface area contributed by atoms with Crippen molar-refractivity contribution < 1.29 is 0 Å². The average molecular weight is 250 g/mol. The molecule has 0 radical (unpaired) electrons. The van der Waals surface area contributed by atoms with Crippen molar-refractivity contribution >= 4 is 0 Å². The second-order valence-electron chi connectivity index (χ2n) is 8.08. The summed E-state index contributed by atoms with van der Waals surface area (Å²) in [5, 5.41) is 3.88. The van der Waals surface area contributed by atoms with Gasteiger partial charge in [-0.25, -0.2) is 0 Å². The Hall–Kier alpha value is -0.0800. The van der Waals surface area contributed by atoms with Gasteiger partial charge >= 0.3 is 0 Å². The highest BCUT2D eigenvalue weighted by Crippen LogP contribution is 2.65. The van der Waals surface area contributed by atoms with Crippen molar-refractivity contribution in [3.63, 3.8) is 0 Å². The summed E-state index contributed by atoms with van der Waals surface area (Å²) in [4.78, 5) is 2.82. The smallest absolute Gasteiger partial charge is 0.0308 e. The lowest BCUT2D eigenvalue weighted by atomic mass is 9.97. The van der Waals surface area contributed by atoms with E-state index in [1.807, 2.05) is 0 Å². The topological polar surface area (TPSA) is 15.3 Å². The summed E-state index contributed by atoms with van der Waals surface area (Å²) in [5.74, 6) is 0. The highest BCUT2D eigenvalue weighted by molar-refractivity contribution is 5.19. The lowest BCUT2D eigenvalue weighted by Gasteiger charge is -2.34. The van der Waals surface area contributed by atoms with E-state index in [1.54, 1.807) is 0 Å². The maximum Gasteiger partial charge on any atom is 0.0308 e. The second kappa shape index (κ2) is 3.96. The monoisotopic (exact) mass is 250 g/mol. The number of nitrogens with one attached hydrogen (secondary N) is 1. The zero-order valence-electron chi connectivity index (χ0n) is 12.7. The van der Waals surface area contributed by atoms with Gasteiger partial charge in [0.05, 0.1) is 0 Å². The third-order valence-electron chi connectivity index (χ3n) is 6.50. The molecular weight excluding hydrogens is 220 g/mol. The molecule has 2 aliphatic carbocycles. The molecule has 2 saturated carbocycles. The molecular formula is C16H30N2. The van der Waals surface area contributed by atoms with Gasteiger partial charge in [-0.05, 0) is 43.2 Å². The first-order valence-corrected chi connectivity index (χ1v) is 7.88. The van der Waals surface area contributed by atoms with Crippen LogP contribution in [0.4, 0.5) is 0 Å². The predicted molar refractivity (Wildman–Crippen MR) is 76.7 cm³/mol. The zero-order chi connectivity index (χ0) is 13.0. The van der Waals surface area contributed by atoms with Crippen LogP contribution in [0.3, 0.4) is 0 Å². The molecule has 3 fully saturated rings. The van der Waals surface area contributed by atoms with E-state index in [0.29, 0.717) is 16.4 Å². The molecule has 0 unspecified atom stereocenters. The molecule has 3 rings (SSSR count). The zero-order valence-corrected chi connectivity index (χ0v) is 12.7. The number of hydrogen-bond donors (Lipinski definition) is 1. The number of nitrogens with zero attached hydrogens (tertiary/aromatic N) is 1. The van der Waals surface area contributed by atoms with Gasteiger partial charge in [-0.3, -0.25) is 4.90 Å². The minimum atomic E-state index is 0.464. The molecule has 2 nitrogen and oxygen atoms in total. The van der Waals surface area contributed by atoms with Crippen LogP contribution in [-0.2, 0) is 0 Å². The molecule has 0 aromatic carbocycles. The Morgan fingerprint density at radius 1 is 0.944 bits per heavy atom. The van der Waals surface area contributed by atoms with E-state index < -0.39 is 0 Å². The maximum absolute atomic E-state index is 3.88. The number of rotatable bonds is 1. The van der Waals surface area contributed by atoms with Crippen LogP contribution in [0.1, 0.15) is 59.8 Å². The lowest BCUT2D eigenvalue weighted by molar-refractivity contribution is 0.177. The third-order valence-corrected chi connectivity index (χ3v) is 6.50. The van der Waals surface area contributed by atoms with Gasteiger partial charge in [0.25, 0.3) is 0 Å². The van der Waals surface area contributed by atoms with Crippen LogP contribution in [0.25, 0.3) is 0 Å². The van der Waals surface area contributed by atoms with Crippen LogP contribution in [-0.4, -0.2) is 36.1 Å². The summed E-state index contributed by atoms with van der Waals surface area (Å²) in [7, 11) is 0. The van der Waals surface area contributed by atoms with Crippen molar-refractivity contribution in [3.8, 4) is 0 Å². The Kier molecular flexibility index (Phi) is 2.84. The van der Waals surface area contributed by atoms with Crippen molar-refractivity contribution in [1.82, 2.24) is 10.2 Å². The van der Waals surface area contributed by atoms with Crippen molar-refractivity contribution in [3.05, 3.63) is 0 Å². The summed E-state index contributed by atoms with van der Waals surface area (Å²) in [5.41, 5.74) is 1.46. The molecule has 0 aromatic heterocycles. The van der Waals surface area contributed by atoms with Crippen molar-refractivity contribution in [2.75, 3.05) is 19.6 Å². The quantitative estimate of drug-likeness (QED) is 0.769. The molecule has 1 heterocycles. The molecule has 0 atom stereocenters. The fourth-order valence-corrected chi connectivity index (χ4v) is 4.84. The molecule has 0 aromatic rings. The lowest BCUT2D eigenvalue weighted by Crippen LogP contribution is -2.50. The summed E-state index contributed by atoms with van der Waals surface area (Å²) in [6.45, 7) is 13.6. The van der Waals surface area contributed by atoms with E-state index in [-0.39, 0.29) is 0 Å². The largest absolute Gasteiger partial charge is 0.310 e. The Morgan fingerprint density at radius 3 is 2.11 bits per heavy atom. The standard InChI is InChI=1S/C16H30N2/c1-14(2)13(15(14,3)4)18-11-7-10-17-16(12-18)8-5-6-9-16/h13,17H,5-12H2,1-4H3. The molecule has 1 N–H and O–H groups in total. The normalized spacial score (nSPS) is 34.7. The predicted octanol–water partition coefficient (Wildman–Crippen LogP) is 3.03. The van der Waals surface area contributed by atoms with E-state index in [2.05, 4.69) is 37.9 Å². The van der Waals surface area contributed by atoms with E-state index in [1.165, 1.54) is 51.7 Å². The first-order chi connectivity index (χ1) is 8.39. The van der Waals surface area contributed by atoms with Crippen LogP contribution in [0.2, 0.25) is 0 Å². The fourth-order valence-electron chi connectivity index (χ4n) is 4.84. The molecule has 1 aliphatic heterocycles. The second-order valence-corrected chi connectivity index (χ2v) is 8.08. The first kappa shape index (κ1) is 12.9. The highest BCUT2D eigenvalue weighted by atomic mass is 15.3.